The number of aromatic nitrogens is 1. The van der Waals surface area contributed by atoms with Gasteiger partial charge in [0, 0.05) is 30.6 Å². The fraction of sp³-hybridized carbons (Fsp3) is 0.524. The minimum Gasteiger partial charge on any atom is -0.491 e. The van der Waals surface area contributed by atoms with Crippen LogP contribution in [0.25, 0.3) is 0 Å². The molecule has 1 atom stereocenters. The van der Waals surface area contributed by atoms with Crippen LogP contribution in [0.2, 0.25) is 0 Å². The molecule has 0 amide bonds. The molecule has 0 bridgehead atoms. The van der Waals surface area contributed by atoms with Crippen LogP contribution < -0.4 is 10.1 Å². The molecule has 0 aliphatic heterocycles. The zero-order valence-corrected chi connectivity index (χ0v) is 18.7. The van der Waals surface area contributed by atoms with Crippen molar-refractivity contribution in [2.24, 2.45) is 4.99 Å². The average molecular weight is 448 g/mol. The van der Waals surface area contributed by atoms with Crippen molar-refractivity contribution < 1.29 is 14.8 Å². The number of hydrogen-bond acceptors (Lipinski definition) is 7. The lowest BCUT2D eigenvalue weighted by atomic mass is 10.0. The molecule has 2 aromatic rings. The summed E-state index contributed by atoms with van der Waals surface area (Å²) in [5, 5.41) is 25.3. The summed E-state index contributed by atoms with van der Waals surface area (Å²) in [6.45, 7) is 3.60. The molecule has 1 unspecified atom stereocenters. The third-order valence-electron chi connectivity index (χ3n) is 4.90. The normalized spacial score (nSPS) is 14.6. The predicted molar refractivity (Wildman–Crippen MR) is 121 cm³/mol. The summed E-state index contributed by atoms with van der Waals surface area (Å²) in [5.74, 6) is 1.16. The lowest BCUT2D eigenvalue weighted by molar-refractivity contribution is -0.384. The monoisotopic (exact) mass is 447 g/mol. The van der Waals surface area contributed by atoms with Crippen molar-refractivity contribution in [3.63, 3.8) is 0 Å². The van der Waals surface area contributed by atoms with Gasteiger partial charge in [0.25, 0.3) is 5.69 Å². The highest BCUT2D eigenvalue weighted by molar-refractivity contribution is 7.11. The molecule has 1 aromatic carbocycles. The van der Waals surface area contributed by atoms with E-state index in [2.05, 4.69) is 10.3 Å². The van der Waals surface area contributed by atoms with Gasteiger partial charge in [0.05, 0.1) is 23.7 Å². The van der Waals surface area contributed by atoms with Gasteiger partial charge in [0.1, 0.15) is 23.5 Å². The number of nitrogens with one attached hydrogen (secondary N) is 1. The van der Waals surface area contributed by atoms with Crippen LogP contribution in [-0.4, -0.2) is 58.7 Å². The lowest BCUT2D eigenvalue weighted by Gasteiger charge is -2.21. The highest BCUT2D eigenvalue weighted by Crippen LogP contribution is 2.27. The minimum absolute atomic E-state index is 0.00287. The van der Waals surface area contributed by atoms with E-state index in [9.17, 15) is 15.2 Å². The summed E-state index contributed by atoms with van der Waals surface area (Å²) >= 11 is 1.78. The van der Waals surface area contributed by atoms with E-state index in [0.717, 1.165) is 17.8 Å². The third kappa shape index (κ3) is 6.63. The van der Waals surface area contributed by atoms with Crippen molar-refractivity contribution in [1.82, 2.24) is 15.2 Å². The fourth-order valence-electron chi connectivity index (χ4n) is 3.32. The number of aliphatic imine (C=N–C) groups is 1. The molecule has 1 aliphatic carbocycles. The Hall–Kier alpha value is -2.72. The number of nitro groups is 1. The molecular formula is C21H29N5O4S. The summed E-state index contributed by atoms with van der Waals surface area (Å²) < 4.78 is 5.51. The average Bonchev–Trinajstić information content (AvgIpc) is 3.17. The molecule has 0 spiro atoms. The van der Waals surface area contributed by atoms with Crippen LogP contribution in [0.15, 0.2) is 29.3 Å². The van der Waals surface area contributed by atoms with E-state index in [1.165, 1.54) is 47.7 Å². The summed E-state index contributed by atoms with van der Waals surface area (Å²) in [7, 11) is 1.96. The van der Waals surface area contributed by atoms with Gasteiger partial charge in [-0.3, -0.25) is 15.1 Å². The second-order valence-corrected chi connectivity index (χ2v) is 8.62. The summed E-state index contributed by atoms with van der Waals surface area (Å²) in [4.78, 5) is 23.0. The standard InChI is InChI=1S/C21H29N5O4S/c1-3-22-21(25(2)13-20-24-18-6-4-5-7-19(18)31-20)23-12-16(27)14-30-17-10-8-15(9-11-17)26(28)29/h8-11,16,27H,3-7,12-14H2,1-2H3,(H,22,23). The Balaban J connectivity index is 1.52. The molecule has 0 fully saturated rings. The number of guanidine groups is 1. The van der Waals surface area contributed by atoms with Gasteiger partial charge in [-0.2, -0.15) is 0 Å². The molecule has 2 N–H and O–H groups in total. The number of aryl methyl sites for hydroxylation is 2. The molecule has 0 saturated heterocycles. The van der Waals surface area contributed by atoms with Crippen molar-refractivity contribution in [1.29, 1.82) is 0 Å². The first-order valence-electron chi connectivity index (χ1n) is 10.5. The van der Waals surface area contributed by atoms with Crippen molar-refractivity contribution in [3.8, 4) is 5.75 Å². The Morgan fingerprint density at radius 2 is 2.13 bits per heavy atom. The number of non-ortho nitro benzene ring substituents is 1. The third-order valence-corrected chi connectivity index (χ3v) is 6.04. The number of aliphatic hydroxyl groups is 1. The zero-order chi connectivity index (χ0) is 22.2. The van der Waals surface area contributed by atoms with Gasteiger partial charge in [0.15, 0.2) is 5.96 Å². The van der Waals surface area contributed by atoms with Gasteiger partial charge < -0.3 is 20.1 Å². The maximum atomic E-state index is 10.7. The van der Waals surface area contributed by atoms with E-state index in [0.29, 0.717) is 24.8 Å². The fourth-order valence-corrected chi connectivity index (χ4v) is 4.53. The number of benzene rings is 1. The van der Waals surface area contributed by atoms with Gasteiger partial charge >= 0.3 is 0 Å². The highest BCUT2D eigenvalue weighted by Gasteiger charge is 2.17. The van der Waals surface area contributed by atoms with Crippen LogP contribution in [0.4, 0.5) is 5.69 Å². The highest BCUT2D eigenvalue weighted by atomic mass is 32.1. The summed E-state index contributed by atoms with van der Waals surface area (Å²) in [5.41, 5.74) is 1.25. The molecule has 168 valence electrons. The Bertz CT molecular complexity index is 876. The van der Waals surface area contributed by atoms with E-state index in [-0.39, 0.29) is 18.8 Å². The van der Waals surface area contributed by atoms with Crippen LogP contribution in [0, 0.1) is 10.1 Å². The number of nitrogens with zero attached hydrogens (tertiary/aromatic N) is 4. The van der Waals surface area contributed by atoms with Crippen LogP contribution in [-0.2, 0) is 19.4 Å². The molecule has 3 rings (SSSR count). The second-order valence-electron chi connectivity index (χ2n) is 7.45. The van der Waals surface area contributed by atoms with Gasteiger partial charge in [-0.1, -0.05) is 0 Å². The van der Waals surface area contributed by atoms with Crippen molar-refractivity contribution in [2.75, 3.05) is 26.7 Å². The zero-order valence-electron chi connectivity index (χ0n) is 17.9. The van der Waals surface area contributed by atoms with E-state index in [1.807, 2.05) is 18.9 Å². The summed E-state index contributed by atoms with van der Waals surface area (Å²) in [6.07, 6.45) is 3.87. The Morgan fingerprint density at radius 1 is 1.39 bits per heavy atom. The van der Waals surface area contributed by atoms with Gasteiger partial charge in [-0.05, 0) is 44.7 Å². The van der Waals surface area contributed by atoms with Gasteiger partial charge in [-0.15, -0.1) is 11.3 Å². The second kappa shape index (κ2) is 11.1. The molecule has 0 radical (unpaired) electrons. The maximum absolute atomic E-state index is 10.7. The van der Waals surface area contributed by atoms with E-state index >= 15 is 0 Å². The molecule has 9 nitrogen and oxygen atoms in total. The Labute approximate surface area is 185 Å². The first-order valence-corrected chi connectivity index (χ1v) is 11.3. The molecule has 10 heteroatoms. The van der Waals surface area contributed by atoms with E-state index in [4.69, 9.17) is 9.72 Å². The molecule has 1 heterocycles. The largest absolute Gasteiger partial charge is 0.491 e. The van der Waals surface area contributed by atoms with Gasteiger partial charge in [-0.25, -0.2) is 4.98 Å². The molecule has 0 saturated carbocycles. The Kier molecular flexibility index (Phi) is 8.19. The first kappa shape index (κ1) is 23.0. The number of aliphatic hydroxyl groups excluding tert-OH is 1. The number of nitro benzene ring substituents is 1. The van der Waals surface area contributed by atoms with E-state index in [1.54, 1.807) is 11.3 Å². The van der Waals surface area contributed by atoms with Crippen molar-refractivity contribution in [2.45, 2.75) is 45.3 Å². The SMILES string of the molecule is CCNC(=NCC(O)COc1ccc([N+](=O)[O-])cc1)N(C)Cc1nc2c(s1)CCCC2. The van der Waals surface area contributed by atoms with Crippen molar-refractivity contribution in [3.05, 3.63) is 50.0 Å². The smallest absolute Gasteiger partial charge is 0.269 e. The van der Waals surface area contributed by atoms with Crippen LogP contribution in [0.5, 0.6) is 5.75 Å². The number of thiazole rings is 1. The van der Waals surface area contributed by atoms with E-state index < -0.39 is 11.0 Å². The number of rotatable bonds is 9. The molecule has 1 aromatic heterocycles. The lowest BCUT2D eigenvalue weighted by Crippen LogP contribution is -2.39. The maximum Gasteiger partial charge on any atom is 0.269 e. The minimum atomic E-state index is -0.801. The van der Waals surface area contributed by atoms with Gasteiger partial charge in [0.2, 0.25) is 0 Å². The predicted octanol–water partition coefficient (Wildman–Crippen LogP) is 2.77. The van der Waals surface area contributed by atoms with Crippen LogP contribution >= 0.6 is 11.3 Å². The van der Waals surface area contributed by atoms with Crippen LogP contribution in [0.1, 0.15) is 35.3 Å². The van der Waals surface area contributed by atoms with Crippen LogP contribution in [0.3, 0.4) is 0 Å². The number of fused-ring (bicyclic) bond motifs is 1. The first-order chi connectivity index (χ1) is 15.0. The molecule has 1 aliphatic rings. The number of hydrogen-bond donors (Lipinski definition) is 2. The quantitative estimate of drug-likeness (QED) is 0.263. The molecule has 31 heavy (non-hydrogen) atoms. The molecular weight excluding hydrogens is 418 g/mol. The number of ether oxygens (including phenoxy) is 1. The topological polar surface area (TPSA) is 113 Å². The summed E-state index contributed by atoms with van der Waals surface area (Å²) in [6, 6.07) is 5.77. The Morgan fingerprint density at radius 3 is 2.81 bits per heavy atom. The van der Waals surface area contributed by atoms with Crippen molar-refractivity contribution >= 4 is 23.0 Å².